The van der Waals surface area contributed by atoms with Gasteiger partial charge >= 0.3 is 17.9 Å². The summed E-state index contributed by atoms with van der Waals surface area (Å²) in [6.07, 6.45) is 6.83. The third-order valence-electron chi connectivity index (χ3n) is 15.0. The van der Waals surface area contributed by atoms with Gasteiger partial charge in [-0.05, 0) is 87.1 Å². The number of fused-ring (bicyclic) bond motifs is 7. The van der Waals surface area contributed by atoms with Crippen molar-refractivity contribution in [1.29, 1.82) is 0 Å². The van der Waals surface area contributed by atoms with Crippen LogP contribution in [0.2, 0.25) is 0 Å². The van der Waals surface area contributed by atoms with Gasteiger partial charge < -0.3 is 39.0 Å². The highest BCUT2D eigenvalue weighted by Gasteiger charge is 2.69. The van der Waals surface area contributed by atoms with E-state index in [-0.39, 0.29) is 18.4 Å². The summed E-state index contributed by atoms with van der Waals surface area (Å²) in [5.41, 5.74) is -1.68. The van der Waals surface area contributed by atoms with Crippen LogP contribution in [-0.4, -0.2) is 133 Å². The number of carbonyl (C=O) groups excluding carboxylic acids is 4. The molecule has 5 heterocycles. The predicted octanol–water partition coefficient (Wildman–Crippen LogP) is 4.20. The summed E-state index contributed by atoms with van der Waals surface area (Å²) in [5, 5.41) is 25.9. The molecular formula is C47H60N4O10. The highest BCUT2D eigenvalue weighted by Crippen LogP contribution is 2.55. The Morgan fingerprint density at radius 1 is 0.967 bits per heavy atom. The number of aryl methyl sites for hydroxylation is 1. The molecule has 0 spiro atoms. The molecule has 1 aliphatic carbocycles. The van der Waals surface area contributed by atoms with Gasteiger partial charge in [0.1, 0.15) is 11.2 Å². The lowest BCUT2D eigenvalue weighted by atomic mass is 9.57. The van der Waals surface area contributed by atoms with Gasteiger partial charge in [-0.2, -0.15) is 0 Å². The third kappa shape index (κ3) is 6.67. The second-order valence-corrected chi connectivity index (χ2v) is 18.0. The summed E-state index contributed by atoms with van der Waals surface area (Å²) >= 11 is 0. The lowest BCUT2D eigenvalue weighted by molar-refractivity contribution is -0.222. The lowest BCUT2D eigenvalue weighted by Crippen LogP contribution is -2.77. The maximum Gasteiger partial charge on any atom is 0.344 e. The summed E-state index contributed by atoms with van der Waals surface area (Å²) in [7, 11) is 4.08. The minimum atomic E-state index is -2.49. The Labute approximate surface area is 357 Å². The molecule has 0 radical (unpaired) electrons. The van der Waals surface area contributed by atoms with Crippen LogP contribution >= 0.6 is 0 Å². The van der Waals surface area contributed by atoms with Crippen molar-refractivity contribution in [2.75, 3.05) is 59.0 Å². The number of esters is 3. The van der Waals surface area contributed by atoms with E-state index < -0.39 is 52.1 Å². The number of hydrogen-bond donors (Lipinski definition) is 3. The zero-order valence-electron chi connectivity index (χ0n) is 36.2. The summed E-state index contributed by atoms with van der Waals surface area (Å²) < 4.78 is 23.5. The van der Waals surface area contributed by atoms with Gasteiger partial charge in [0, 0.05) is 72.8 Å². The molecule has 1 aromatic heterocycles. The number of rotatable bonds is 8. The van der Waals surface area contributed by atoms with Gasteiger partial charge in [0.15, 0.2) is 6.10 Å². The van der Waals surface area contributed by atoms with Gasteiger partial charge in [-0.15, -0.1) is 0 Å². The van der Waals surface area contributed by atoms with Gasteiger partial charge in [0.2, 0.25) is 12.0 Å². The minimum Gasteiger partial charge on any atom is -0.496 e. The zero-order chi connectivity index (χ0) is 43.5. The fourth-order valence-corrected chi connectivity index (χ4v) is 12.2. The number of amides is 1. The molecule has 4 bridgehead atoms. The van der Waals surface area contributed by atoms with Gasteiger partial charge in [-0.1, -0.05) is 44.2 Å². The predicted molar refractivity (Wildman–Crippen MR) is 227 cm³/mol. The van der Waals surface area contributed by atoms with Gasteiger partial charge in [-0.25, -0.2) is 4.79 Å². The maximum absolute atomic E-state index is 15.1. The Morgan fingerprint density at radius 2 is 1.74 bits per heavy atom. The normalized spacial score (nSPS) is 33.5. The number of piperidine rings is 1. The Morgan fingerprint density at radius 3 is 2.43 bits per heavy atom. The molecule has 61 heavy (non-hydrogen) atoms. The highest BCUT2D eigenvalue weighted by atomic mass is 16.6. The van der Waals surface area contributed by atoms with Gasteiger partial charge in [0.05, 0.1) is 38.7 Å². The van der Waals surface area contributed by atoms with Crippen LogP contribution in [0.1, 0.15) is 81.7 Å². The summed E-state index contributed by atoms with van der Waals surface area (Å²) in [5.74, 6) is -2.02. The first-order valence-corrected chi connectivity index (χ1v) is 21.7. The van der Waals surface area contributed by atoms with Crippen molar-refractivity contribution in [1.82, 2.24) is 14.8 Å². The molecule has 1 amide bonds. The number of anilines is 1. The SMILES string of the molecule is CC[C@]1(O)C[C@@H]2CN(CCc3c([nH]c4ccccc34)[C@@](C(=O)OC)(c3cc4c(cc3OC)N(C=O)[C@@H]3C[C@H]5N(CC=C[C@@]5(CC)[C@@H](OC(C)=O)[C@]3(O)C(=O)OC)CCC4)C2)C1. The number of aromatic amines is 1. The number of para-hydroxylation sites is 1. The minimum absolute atomic E-state index is 0.126. The molecule has 14 nitrogen and oxygen atoms in total. The Bertz CT molecular complexity index is 2240. The fourth-order valence-electron chi connectivity index (χ4n) is 12.2. The number of hydrogen-bond acceptors (Lipinski definition) is 12. The Kier molecular flexibility index (Phi) is 11.4. The molecular weight excluding hydrogens is 781 g/mol. The van der Waals surface area contributed by atoms with Crippen molar-refractivity contribution in [2.24, 2.45) is 11.3 Å². The summed E-state index contributed by atoms with van der Waals surface area (Å²) in [6.45, 7) is 8.30. The molecule has 4 aliphatic heterocycles. The number of nitrogens with one attached hydrogen (secondary N) is 1. The molecule has 1 unspecified atom stereocenters. The van der Waals surface area contributed by atoms with Crippen molar-refractivity contribution in [3.05, 3.63) is 70.9 Å². The van der Waals surface area contributed by atoms with E-state index in [9.17, 15) is 24.6 Å². The second-order valence-electron chi connectivity index (χ2n) is 18.0. The standard InChI is InChI=1S/C47H60N4O10/c1-7-44(56)24-30-25-46(42(54)59-5,40-33(16-20-49(26-30)27-44)32-14-9-10-15-35(32)48-40)34-21-31-13-11-18-50-19-12-17-45(8-2)38(50)23-39(51(28-52)36(31)22-37(34)58-4)47(57,43(55)60-6)41(45)61-29(3)53/h9-10,12,14-15,17,21-22,28,30,38-39,41,48,56-57H,7-8,11,13,16,18-20,23-27H2,1-6H3/t30-,38+,39+,41+,44-,45+,46-,47-/m0/s1. The van der Waals surface area contributed by atoms with Crippen molar-refractivity contribution in [2.45, 2.75) is 107 Å². The number of H-pyrrole nitrogens is 1. The van der Waals surface area contributed by atoms with E-state index in [0.717, 1.165) is 16.5 Å². The number of methoxy groups -OCH3 is 3. The zero-order valence-corrected chi connectivity index (χ0v) is 36.2. The summed E-state index contributed by atoms with van der Waals surface area (Å²) in [4.78, 5) is 65.6. The van der Waals surface area contributed by atoms with Crippen LogP contribution in [0.3, 0.4) is 0 Å². The average Bonchev–Trinajstić information content (AvgIpc) is 3.65. The average molecular weight is 841 g/mol. The smallest absolute Gasteiger partial charge is 0.344 e. The van der Waals surface area contributed by atoms with Gasteiger partial charge in [-0.3, -0.25) is 24.2 Å². The van der Waals surface area contributed by atoms with Crippen molar-refractivity contribution in [3.8, 4) is 5.75 Å². The van der Waals surface area contributed by atoms with Crippen LogP contribution in [0, 0.1) is 11.3 Å². The molecule has 1 saturated carbocycles. The summed E-state index contributed by atoms with van der Waals surface area (Å²) in [6, 6.07) is 10.1. The molecule has 2 aromatic carbocycles. The number of carbonyl (C=O) groups is 4. The van der Waals surface area contributed by atoms with Crippen LogP contribution in [0.15, 0.2) is 48.6 Å². The molecule has 3 N–H and O–H groups in total. The fraction of sp³-hybridized carbons (Fsp3) is 0.574. The number of nitrogens with zero attached hydrogens (tertiary/aromatic N) is 3. The van der Waals surface area contributed by atoms with Crippen LogP contribution < -0.4 is 9.64 Å². The Balaban J connectivity index is 1.39. The first-order valence-electron chi connectivity index (χ1n) is 21.7. The largest absolute Gasteiger partial charge is 0.496 e. The molecule has 8 rings (SSSR count). The molecule has 3 aromatic rings. The lowest BCUT2D eigenvalue weighted by Gasteiger charge is -2.60. The monoisotopic (exact) mass is 840 g/mol. The third-order valence-corrected chi connectivity index (χ3v) is 15.0. The van der Waals surface area contributed by atoms with Crippen molar-refractivity contribution >= 4 is 40.9 Å². The number of aliphatic hydroxyl groups is 2. The second kappa shape index (κ2) is 16.2. The van der Waals surface area contributed by atoms with E-state index in [0.29, 0.717) is 112 Å². The molecule has 9 atom stereocenters. The van der Waals surface area contributed by atoms with E-state index in [1.807, 2.05) is 50.3 Å². The Hall–Kier alpha value is -4.76. The number of benzene rings is 2. The topological polar surface area (TPSA) is 171 Å². The highest BCUT2D eigenvalue weighted by molar-refractivity contribution is 5.95. The van der Waals surface area contributed by atoms with Crippen molar-refractivity contribution < 1.29 is 48.3 Å². The molecule has 14 heteroatoms. The van der Waals surface area contributed by atoms with E-state index in [2.05, 4.69) is 20.9 Å². The van der Waals surface area contributed by atoms with E-state index >= 15 is 4.79 Å². The van der Waals surface area contributed by atoms with Crippen LogP contribution in [-0.2, 0) is 51.6 Å². The maximum atomic E-state index is 15.1. The molecule has 2 fully saturated rings. The quantitative estimate of drug-likeness (QED) is 0.128. The first kappa shape index (κ1) is 42.9. The van der Waals surface area contributed by atoms with Gasteiger partial charge in [0.25, 0.3) is 0 Å². The van der Waals surface area contributed by atoms with Crippen molar-refractivity contribution in [3.63, 3.8) is 0 Å². The van der Waals surface area contributed by atoms with E-state index in [4.69, 9.17) is 18.9 Å². The number of ether oxygens (including phenoxy) is 4. The molecule has 1 saturated heterocycles. The van der Waals surface area contributed by atoms with E-state index in [1.165, 1.54) is 33.2 Å². The van der Waals surface area contributed by atoms with Crippen LogP contribution in [0.5, 0.6) is 5.75 Å². The first-order chi connectivity index (χ1) is 29.3. The van der Waals surface area contributed by atoms with E-state index in [1.54, 1.807) is 6.07 Å². The molecule has 328 valence electrons. The number of aromatic nitrogens is 1. The molecule has 5 aliphatic rings. The van der Waals surface area contributed by atoms with Crippen LogP contribution in [0.25, 0.3) is 10.9 Å². The van der Waals surface area contributed by atoms with Crippen LogP contribution in [0.4, 0.5) is 5.69 Å².